The molecule has 0 rings (SSSR count). The molecule has 0 aromatic rings. The third kappa shape index (κ3) is 25.9. The fourth-order valence-electron chi connectivity index (χ4n) is 3.30. The van der Waals surface area contributed by atoms with Crippen molar-refractivity contribution in [1.82, 2.24) is 64.1 Å². The van der Waals surface area contributed by atoms with Crippen molar-refractivity contribution in [3.05, 3.63) is 0 Å². The third-order valence-corrected chi connectivity index (χ3v) is 7.53. The van der Waals surface area contributed by atoms with E-state index in [0.717, 1.165) is 0 Å². The summed E-state index contributed by atoms with van der Waals surface area (Å²) in [5.41, 5.74) is 5.23. The number of rotatable bonds is 22. The van der Waals surface area contributed by atoms with Gasteiger partial charge in [0.05, 0.1) is 31.3 Å². The Morgan fingerprint density at radius 1 is 0.389 bits per heavy atom. The summed E-state index contributed by atoms with van der Waals surface area (Å²) in [6, 6.07) is -3.10. The van der Waals surface area contributed by atoms with Gasteiger partial charge in [0.2, 0.25) is 41.4 Å². The Morgan fingerprint density at radius 3 is 1.11 bits per heavy atom. The van der Waals surface area contributed by atoms with Gasteiger partial charge in [-0.05, 0) is 76.5 Å². The number of carbonyl (C=O) groups excluding carboxylic acids is 7. The first-order valence-corrected chi connectivity index (χ1v) is 17.8. The van der Waals surface area contributed by atoms with Crippen LogP contribution in [-0.4, -0.2) is 145 Å². The van der Waals surface area contributed by atoms with E-state index < -0.39 is 36.1 Å². The topological polar surface area (TPSA) is 282 Å². The van der Waals surface area contributed by atoms with Gasteiger partial charge in [0.15, 0.2) is 0 Å². The highest BCUT2D eigenvalue weighted by Gasteiger charge is 2.22. The Balaban J connectivity index is -0.000000722. The van der Waals surface area contributed by atoms with Crippen molar-refractivity contribution in [1.29, 1.82) is 0 Å². The number of amides is 7. The molecule has 0 bridgehead atoms. The van der Waals surface area contributed by atoms with Gasteiger partial charge in [0.25, 0.3) is 0 Å². The lowest BCUT2D eigenvalue weighted by Crippen LogP contribution is -2.53. The van der Waals surface area contributed by atoms with Gasteiger partial charge in [-0.15, -0.1) is 0 Å². The molecule has 9 atom stereocenters. The molecule has 54 heavy (non-hydrogen) atoms. The average Bonchev–Trinajstić information content (AvgIpc) is 3.15. The van der Waals surface area contributed by atoms with E-state index in [0.29, 0.717) is 6.61 Å². The molecule has 0 saturated heterocycles. The zero-order valence-corrected chi connectivity index (χ0v) is 34.8. The maximum atomic E-state index is 11.7. The number of hydrogen-bond acceptors (Lipinski definition) is 14. The predicted octanol–water partition coefficient (Wildman–Crippen LogP) is -3.94. The van der Waals surface area contributed by atoms with E-state index in [4.69, 9.17) is 9.68 Å². The normalized spacial score (nSPS) is 15.5. The zero-order chi connectivity index (χ0) is 42.6. The zero-order valence-electron chi connectivity index (χ0n) is 34.8. The van der Waals surface area contributed by atoms with E-state index in [1.165, 1.54) is 14.1 Å². The highest BCUT2D eigenvalue weighted by molar-refractivity contribution is 5.92. The molecule has 21 heteroatoms. The van der Waals surface area contributed by atoms with Gasteiger partial charge in [-0.25, -0.2) is 0 Å². The van der Waals surface area contributed by atoms with Crippen LogP contribution in [0.5, 0.6) is 0 Å². The van der Waals surface area contributed by atoms with E-state index in [1.54, 1.807) is 69.6 Å². The van der Waals surface area contributed by atoms with Crippen LogP contribution in [0.2, 0.25) is 0 Å². The maximum absolute atomic E-state index is 11.7. The molecule has 9 unspecified atom stereocenters. The SMILES string of the molecule is CNC(=O)C(C)CONC(C)C(=O)NC(C)NC.CNC(=O)C(C)NC(=O)C(C)NC(=O)C(C)NC.CNC(=O)C(C)NC(=O)C(C)NOCC(C)NC. The number of nitrogens with one attached hydrogen (secondary N) is 12. The first kappa shape index (κ1) is 54.4. The van der Waals surface area contributed by atoms with Crippen LogP contribution in [0.15, 0.2) is 0 Å². The van der Waals surface area contributed by atoms with Gasteiger partial charge in [0, 0.05) is 27.2 Å². The van der Waals surface area contributed by atoms with Gasteiger partial charge < -0.3 is 58.0 Å². The van der Waals surface area contributed by atoms with E-state index in [2.05, 4.69) is 64.1 Å². The van der Waals surface area contributed by atoms with E-state index >= 15 is 0 Å². The second kappa shape index (κ2) is 31.4. The molecule has 0 aromatic carbocycles. The van der Waals surface area contributed by atoms with Crippen molar-refractivity contribution in [2.45, 2.75) is 111 Å². The van der Waals surface area contributed by atoms with Crippen LogP contribution in [-0.2, 0) is 43.2 Å². The van der Waals surface area contributed by atoms with Gasteiger partial charge in [-0.2, -0.15) is 11.0 Å². The summed E-state index contributed by atoms with van der Waals surface area (Å²) in [6.45, 7) is 16.0. The van der Waals surface area contributed by atoms with Crippen molar-refractivity contribution in [3.8, 4) is 0 Å². The lowest BCUT2D eigenvalue weighted by molar-refractivity contribution is -0.132. The van der Waals surface area contributed by atoms with Crippen LogP contribution in [0.1, 0.15) is 62.3 Å². The van der Waals surface area contributed by atoms with Crippen LogP contribution in [0.25, 0.3) is 0 Å². The smallest absolute Gasteiger partial charge is 0.242 e. The molecule has 12 N–H and O–H groups in total. The van der Waals surface area contributed by atoms with Gasteiger partial charge in [-0.1, -0.05) is 6.92 Å². The Morgan fingerprint density at radius 2 is 0.741 bits per heavy atom. The highest BCUT2D eigenvalue weighted by atomic mass is 16.6. The molecule has 0 aliphatic carbocycles. The molecule has 0 aliphatic heterocycles. The summed E-state index contributed by atoms with van der Waals surface area (Å²) >= 11 is 0. The van der Waals surface area contributed by atoms with Crippen molar-refractivity contribution in [3.63, 3.8) is 0 Å². The van der Waals surface area contributed by atoms with Gasteiger partial charge in [-0.3, -0.25) is 38.4 Å². The van der Waals surface area contributed by atoms with Crippen LogP contribution >= 0.6 is 0 Å². The Labute approximate surface area is 320 Å². The van der Waals surface area contributed by atoms with Crippen molar-refractivity contribution < 1.29 is 43.2 Å². The Bertz CT molecular complexity index is 1130. The summed E-state index contributed by atoms with van der Waals surface area (Å²) in [6.07, 6.45) is -0.105. The molecule has 0 fully saturated rings. The summed E-state index contributed by atoms with van der Waals surface area (Å²) in [7, 11) is 9.82. The second-order valence-corrected chi connectivity index (χ2v) is 12.5. The minimum absolute atomic E-state index is 0.0993. The number of likely N-dealkylation sites (N-methyl/N-ethyl adjacent to an activating group) is 4. The maximum Gasteiger partial charge on any atom is 0.242 e. The number of carbonyl (C=O) groups is 7. The fourth-order valence-corrected chi connectivity index (χ4v) is 3.30. The van der Waals surface area contributed by atoms with Crippen LogP contribution in [0.4, 0.5) is 0 Å². The summed E-state index contributed by atoms with van der Waals surface area (Å²) < 4.78 is 0. The molecule has 0 spiro atoms. The van der Waals surface area contributed by atoms with Crippen molar-refractivity contribution >= 4 is 41.4 Å². The monoisotopic (exact) mass is 779 g/mol. The molecule has 0 heterocycles. The summed E-state index contributed by atoms with van der Waals surface area (Å²) in [5, 5.41) is 26.4. The van der Waals surface area contributed by atoms with E-state index in [1.807, 2.05) is 20.9 Å². The number of hydrogen-bond donors (Lipinski definition) is 12. The third-order valence-electron chi connectivity index (χ3n) is 7.53. The largest absolute Gasteiger partial charge is 0.359 e. The Kier molecular flexibility index (Phi) is 31.6. The van der Waals surface area contributed by atoms with E-state index in [9.17, 15) is 33.6 Å². The Hall–Kier alpha value is -3.99. The number of hydroxylamine groups is 2. The molecule has 21 nitrogen and oxygen atoms in total. The first-order valence-electron chi connectivity index (χ1n) is 17.8. The molecule has 0 radical (unpaired) electrons. The van der Waals surface area contributed by atoms with Crippen LogP contribution in [0.3, 0.4) is 0 Å². The first-order chi connectivity index (χ1) is 25.2. The molecule has 7 amide bonds. The lowest BCUT2D eigenvalue weighted by Gasteiger charge is -2.19. The highest BCUT2D eigenvalue weighted by Crippen LogP contribution is 1.95. The minimum Gasteiger partial charge on any atom is -0.359 e. The minimum atomic E-state index is -0.694. The molecule has 0 aliphatic rings. The molecule has 0 aromatic heterocycles. The molecule has 316 valence electrons. The van der Waals surface area contributed by atoms with E-state index in [-0.39, 0.29) is 66.2 Å². The van der Waals surface area contributed by atoms with Crippen molar-refractivity contribution in [2.24, 2.45) is 5.92 Å². The molecular formula is C33H70N12O9. The standard InChI is InChI=1S/2C11H24N4O3.C11H22N4O3/c1-7(12-4)6-18-15-9(3)11(17)14-8(2)10(16)13-5;1-7(10(16)13-5)6-18-15-8(2)11(17)14-9(3)12-4;1-6(12-4)10(17)15-8(3)11(18)14-7(2)9(16)13-5/h2*7-9,12,15H,6H2,1-5H3,(H,13,16)(H,14,17);6-8,12H,1-5H3,(H,13,16)(H,14,18)(H,15,17). The summed E-state index contributed by atoms with van der Waals surface area (Å²) in [4.78, 5) is 90.4. The summed E-state index contributed by atoms with van der Waals surface area (Å²) in [5.74, 6) is -2.03. The van der Waals surface area contributed by atoms with Gasteiger partial charge >= 0.3 is 0 Å². The quantitative estimate of drug-likeness (QED) is 0.0370. The molecular weight excluding hydrogens is 708 g/mol. The molecule has 0 saturated carbocycles. The van der Waals surface area contributed by atoms with Gasteiger partial charge in [0.1, 0.15) is 30.2 Å². The average molecular weight is 779 g/mol. The second-order valence-electron chi connectivity index (χ2n) is 12.5. The fraction of sp³-hybridized carbons (Fsp3) is 0.788. The van der Waals surface area contributed by atoms with Crippen molar-refractivity contribution in [2.75, 3.05) is 55.5 Å². The lowest BCUT2D eigenvalue weighted by atomic mass is 10.2. The predicted molar refractivity (Wildman–Crippen MR) is 205 cm³/mol. The van der Waals surface area contributed by atoms with Crippen LogP contribution < -0.4 is 64.1 Å². The van der Waals surface area contributed by atoms with Crippen LogP contribution in [0, 0.1) is 5.92 Å².